The van der Waals surface area contributed by atoms with Gasteiger partial charge in [-0.25, -0.2) is 0 Å². The summed E-state index contributed by atoms with van der Waals surface area (Å²) in [6.07, 6.45) is 7.26. The zero-order valence-corrected chi connectivity index (χ0v) is 29.4. The maximum Gasteiger partial charge on any atom is 0.222 e. The van der Waals surface area contributed by atoms with E-state index < -0.39 is 0 Å². The van der Waals surface area contributed by atoms with Crippen LogP contribution in [0.5, 0.6) is 0 Å². The van der Waals surface area contributed by atoms with Crippen LogP contribution in [0.2, 0.25) is 0 Å². The Morgan fingerprint density at radius 3 is 1.93 bits per heavy atom. The van der Waals surface area contributed by atoms with E-state index in [2.05, 4.69) is 113 Å². The molecule has 0 N–H and O–H groups in total. The fraction of sp³-hybridized carbons (Fsp3) is 0.675. The monoisotopic (exact) mass is 601 g/mol. The number of likely N-dealkylation sites (N-methyl/N-ethyl adjacent to an activating group) is 1. The van der Waals surface area contributed by atoms with Crippen LogP contribution in [0, 0.1) is 5.92 Å². The fourth-order valence-electron chi connectivity index (χ4n) is 7.64. The molecule has 244 valence electrons. The second-order valence-electron chi connectivity index (χ2n) is 14.6. The highest BCUT2D eigenvalue weighted by Crippen LogP contribution is 2.40. The van der Waals surface area contributed by atoms with Crippen LogP contribution in [-0.2, 0) is 11.3 Å². The van der Waals surface area contributed by atoms with Gasteiger partial charge in [-0.3, -0.25) is 9.69 Å². The summed E-state index contributed by atoms with van der Waals surface area (Å²) in [4.78, 5) is 20.3. The number of amides is 1. The van der Waals surface area contributed by atoms with Crippen molar-refractivity contribution in [2.45, 2.75) is 130 Å². The van der Waals surface area contributed by atoms with Crippen molar-refractivity contribution in [3.63, 3.8) is 0 Å². The molecule has 2 aliphatic heterocycles. The summed E-state index contributed by atoms with van der Waals surface area (Å²) in [6, 6.07) is 17.4. The largest absolute Gasteiger partial charge is 0.340 e. The van der Waals surface area contributed by atoms with Gasteiger partial charge in [-0.05, 0) is 103 Å². The molecule has 0 aliphatic carbocycles. The third-order valence-electron chi connectivity index (χ3n) is 11.2. The number of hydrogen-bond donors (Lipinski definition) is 0. The first-order chi connectivity index (χ1) is 21.1. The molecule has 0 bridgehead atoms. The molecule has 2 fully saturated rings. The summed E-state index contributed by atoms with van der Waals surface area (Å²) in [7, 11) is 2.24. The van der Waals surface area contributed by atoms with Crippen LogP contribution in [0.3, 0.4) is 0 Å². The molecule has 4 heteroatoms. The Balaban J connectivity index is 1.70. The molecule has 2 aromatic rings. The van der Waals surface area contributed by atoms with Gasteiger partial charge in [0.1, 0.15) is 0 Å². The molecule has 2 aromatic carbocycles. The van der Waals surface area contributed by atoms with E-state index in [0.29, 0.717) is 41.5 Å². The number of carbonyl (C=O) groups excluding carboxylic acids is 1. The van der Waals surface area contributed by atoms with Crippen molar-refractivity contribution in [1.29, 1.82) is 0 Å². The van der Waals surface area contributed by atoms with E-state index in [4.69, 9.17) is 0 Å². The molecule has 2 heterocycles. The van der Waals surface area contributed by atoms with Gasteiger partial charge in [0.05, 0.1) is 0 Å². The van der Waals surface area contributed by atoms with Crippen molar-refractivity contribution in [2.75, 3.05) is 39.8 Å². The standard InChI is InChI=1S/C40H63N3O/c1-9-30(6)32-14-16-33(17-15-32)39(29(4)5)27-35(26-37(11-3)43-20-12-13-40(43)44)34-18-19-38(31(7)10-2)36(25-34)28-42-23-21-41(8)22-24-42/h14-19,25,29-31,35,37,39H,9-13,20-24,26-28H2,1-8H3. The van der Waals surface area contributed by atoms with Crippen molar-refractivity contribution in [1.82, 2.24) is 14.7 Å². The van der Waals surface area contributed by atoms with Crippen molar-refractivity contribution >= 4 is 5.91 Å². The number of likely N-dealkylation sites (tertiary alicyclic amines) is 1. The predicted molar refractivity (Wildman–Crippen MR) is 188 cm³/mol. The van der Waals surface area contributed by atoms with Gasteiger partial charge in [-0.2, -0.15) is 0 Å². The van der Waals surface area contributed by atoms with Crippen molar-refractivity contribution < 1.29 is 4.79 Å². The molecule has 0 spiro atoms. The summed E-state index contributed by atoms with van der Waals surface area (Å²) in [5.41, 5.74) is 7.44. The topological polar surface area (TPSA) is 26.8 Å². The van der Waals surface area contributed by atoms with Crippen molar-refractivity contribution in [2.24, 2.45) is 5.92 Å². The van der Waals surface area contributed by atoms with Gasteiger partial charge in [-0.1, -0.05) is 90.9 Å². The molecule has 4 nitrogen and oxygen atoms in total. The Bertz CT molecular complexity index is 1170. The summed E-state index contributed by atoms with van der Waals surface area (Å²) in [6.45, 7) is 22.9. The number of nitrogens with zero attached hydrogens (tertiary/aromatic N) is 3. The molecular weight excluding hydrogens is 538 g/mol. The second kappa shape index (κ2) is 16.4. The fourth-order valence-corrected chi connectivity index (χ4v) is 7.64. The van der Waals surface area contributed by atoms with Gasteiger partial charge in [0, 0.05) is 51.7 Å². The Morgan fingerprint density at radius 2 is 1.36 bits per heavy atom. The van der Waals surface area contributed by atoms with Gasteiger partial charge >= 0.3 is 0 Å². The average molecular weight is 602 g/mol. The van der Waals surface area contributed by atoms with Crippen LogP contribution in [-0.4, -0.2) is 66.4 Å². The first kappa shape index (κ1) is 34.7. The van der Waals surface area contributed by atoms with E-state index in [1.165, 1.54) is 34.2 Å². The average Bonchev–Trinajstić information content (AvgIpc) is 3.46. The summed E-state index contributed by atoms with van der Waals surface area (Å²) >= 11 is 0. The lowest BCUT2D eigenvalue weighted by molar-refractivity contribution is -0.129. The van der Waals surface area contributed by atoms with Crippen LogP contribution in [0.4, 0.5) is 0 Å². The molecule has 1 amide bonds. The Kier molecular flexibility index (Phi) is 12.9. The van der Waals surface area contributed by atoms with E-state index in [9.17, 15) is 4.79 Å². The molecule has 5 atom stereocenters. The van der Waals surface area contributed by atoms with Gasteiger partial charge in [-0.15, -0.1) is 0 Å². The molecule has 4 rings (SSSR count). The zero-order chi connectivity index (χ0) is 31.8. The number of hydrogen-bond acceptors (Lipinski definition) is 3. The summed E-state index contributed by atoms with van der Waals surface area (Å²) in [5.74, 6) is 2.95. The van der Waals surface area contributed by atoms with Gasteiger partial charge in [0.2, 0.25) is 5.91 Å². The Labute approximate surface area is 270 Å². The molecule has 0 aromatic heterocycles. The number of carbonyl (C=O) groups is 1. The smallest absolute Gasteiger partial charge is 0.222 e. The lowest BCUT2D eigenvalue weighted by atomic mass is 9.75. The van der Waals surface area contributed by atoms with Crippen molar-refractivity contribution in [3.05, 3.63) is 70.3 Å². The first-order valence-corrected chi connectivity index (χ1v) is 18.1. The number of piperazine rings is 1. The van der Waals surface area contributed by atoms with Crippen LogP contribution >= 0.6 is 0 Å². The SMILES string of the molecule is CCC(C)c1ccc(C(CC(CC(CC)N2CCCC2=O)c2ccc(C(C)CC)c(CN3CCN(C)CC3)c2)C(C)C)cc1. The maximum absolute atomic E-state index is 12.9. The Morgan fingerprint density at radius 1 is 0.727 bits per heavy atom. The van der Waals surface area contributed by atoms with Crippen LogP contribution in [0.15, 0.2) is 42.5 Å². The van der Waals surface area contributed by atoms with E-state index in [1.54, 1.807) is 0 Å². The highest BCUT2D eigenvalue weighted by atomic mass is 16.2. The lowest BCUT2D eigenvalue weighted by Gasteiger charge is -2.35. The number of benzene rings is 2. The third-order valence-corrected chi connectivity index (χ3v) is 11.2. The minimum absolute atomic E-state index is 0.311. The summed E-state index contributed by atoms with van der Waals surface area (Å²) < 4.78 is 0. The second-order valence-corrected chi connectivity index (χ2v) is 14.6. The van der Waals surface area contributed by atoms with Crippen LogP contribution < -0.4 is 0 Å². The van der Waals surface area contributed by atoms with Crippen LogP contribution in [0.25, 0.3) is 0 Å². The molecule has 0 saturated carbocycles. The van der Waals surface area contributed by atoms with E-state index in [0.717, 1.165) is 77.8 Å². The lowest BCUT2D eigenvalue weighted by Crippen LogP contribution is -2.44. The maximum atomic E-state index is 12.9. The van der Waals surface area contributed by atoms with Crippen molar-refractivity contribution in [3.8, 4) is 0 Å². The number of rotatable bonds is 15. The van der Waals surface area contributed by atoms with E-state index in [-0.39, 0.29) is 0 Å². The van der Waals surface area contributed by atoms with E-state index >= 15 is 0 Å². The first-order valence-electron chi connectivity index (χ1n) is 18.1. The normalized spacial score (nSPS) is 20.2. The molecule has 5 unspecified atom stereocenters. The van der Waals surface area contributed by atoms with Gasteiger partial charge < -0.3 is 9.80 Å². The van der Waals surface area contributed by atoms with Crippen LogP contribution in [0.1, 0.15) is 145 Å². The highest BCUT2D eigenvalue weighted by Gasteiger charge is 2.32. The molecule has 0 radical (unpaired) electrons. The zero-order valence-electron chi connectivity index (χ0n) is 29.4. The highest BCUT2D eigenvalue weighted by molar-refractivity contribution is 5.78. The molecule has 2 saturated heterocycles. The minimum atomic E-state index is 0.311. The molecular formula is C40H63N3O. The van der Waals surface area contributed by atoms with E-state index in [1.807, 2.05) is 0 Å². The predicted octanol–water partition coefficient (Wildman–Crippen LogP) is 9.17. The quantitative estimate of drug-likeness (QED) is 0.204. The molecule has 44 heavy (non-hydrogen) atoms. The minimum Gasteiger partial charge on any atom is -0.340 e. The molecule has 2 aliphatic rings. The van der Waals surface area contributed by atoms with Gasteiger partial charge in [0.15, 0.2) is 0 Å². The summed E-state index contributed by atoms with van der Waals surface area (Å²) in [5, 5.41) is 0. The third kappa shape index (κ3) is 8.75. The van der Waals surface area contributed by atoms with Gasteiger partial charge in [0.25, 0.3) is 0 Å². The Hall–Kier alpha value is -2.17.